The van der Waals surface area contributed by atoms with Gasteiger partial charge in [0.05, 0.1) is 18.4 Å². The van der Waals surface area contributed by atoms with Crippen LogP contribution in [0.5, 0.6) is 5.75 Å². The van der Waals surface area contributed by atoms with Gasteiger partial charge in [-0.15, -0.1) is 0 Å². The fourth-order valence-corrected chi connectivity index (χ4v) is 3.33. The van der Waals surface area contributed by atoms with Crippen LogP contribution in [0, 0.1) is 11.8 Å². The number of carbonyl (C=O) groups excluding carboxylic acids is 3. The highest BCUT2D eigenvalue weighted by molar-refractivity contribution is 6.05. The molecule has 3 aromatic carbocycles. The van der Waals surface area contributed by atoms with Crippen molar-refractivity contribution >= 4 is 29.2 Å². The number of benzene rings is 3. The monoisotopic (exact) mass is 440 g/mol. The molecule has 1 aliphatic rings. The van der Waals surface area contributed by atoms with Crippen LogP contribution < -0.4 is 15.0 Å². The van der Waals surface area contributed by atoms with E-state index in [0.717, 1.165) is 0 Å². The van der Waals surface area contributed by atoms with Gasteiger partial charge in [-0.25, -0.2) is 4.79 Å². The lowest BCUT2D eigenvalue weighted by Crippen LogP contribution is -2.43. The zero-order valence-corrected chi connectivity index (χ0v) is 17.8. The summed E-state index contributed by atoms with van der Waals surface area (Å²) < 4.78 is 10.1. The Morgan fingerprint density at radius 2 is 1.73 bits per heavy atom. The summed E-state index contributed by atoms with van der Waals surface area (Å²) in [5.41, 5.74) is 2.90. The number of nitrogens with one attached hydrogen (secondary N) is 1. The molecule has 0 saturated carbocycles. The molecular weight excluding hydrogens is 420 g/mol. The fourth-order valence-electron chi connectivity index (χ4n) is 3.33. The smallest absolute Gasteiger partial charge is 0.337 e. The molecule has 2 amide bonds. The van der Waals surface area contributed by atoms with Crippen molar-refractivity contribution in [2.75, 3.05) is 30.5 Å². The molecule has 0 aromatic heterocycles. The Bertz CT molecular complexity index is 1290. The van der Waals surface area contributed by atoms with Gasteiger partial charge in [0.2, 0.25) is 5.91 Å². The molecule has 4 rings (SSSR count). The van der Waals surface area contributed by atoms with Gasteiger partial charge in [0, 0.05) is 16.8 Å². The number of para-hydroxylation sites is 2. The number of methoxy groups -OCH3 is 1. The highest BCUT2D eigenvalue weighted by Crippen LogP contribution is 2.31. The van der Waals surface area contributed by atoms with Crippen molar-refractivity contribution in [1.82, 2.24) is 0 Å². The third kappa shape index (κ3) is 5.20. The van der Waals surface area contributed by atoms with Crippen molar-refractivity contribution in [3.63, 3.8) is 0 Å². The third-order valence-electron chi connectivity index (χ3n) is 4.89. The first-order valence-electron chi connectivity index (χ1n) is 10.2. The van der Waals surface area contributed by atoms with Crippen LogP contribution in [0.1, 0.15) is 21.5 Å². The van der Waals surface area contributed by atoms with Gasteiger partial charge in [-0.05, 0) is 48.5 Å². The van der Waals surface area contributed by atoms with E-state index in [1.807, 2.05) is 12.1 Å². The molecule has 0 unspecified atom stereocenters. The Morgan fingerprint density at radius 3 is 2.52 bits per heavy atom. The van der Waals surface area contributed by atoms with Gasteiger partial charge < -0.3 is 14.8 Å². The average molecular weight is 440 g/mol. The number of carbonyl (C=O) groups is 3. The van der Waals surface area contributed by atoms with Gasteiger partial charge in [0.25, 0.3) is 5.91 Å². The zero-order valence-electron chi connectivity index (χ0n) is 17.8. The maximum Gasteiger partial charge on any atom is 0.337 e. The summed E-state index contributed by atoms with van der Waals surface area (Å²) in [5.74, 6) is 5.56. The number of fused-ring (bicyclic) bond motifs is 1. The lowest BCUT2D eigenvalue weighted by atomic mass is 10.1. The van der Waals surface area contributed by atoms with E-state index in [1.54, 1.807) is 60.7 Å². The molecule has 7 heteroatoms. The van der Waals surface area contributed by atoms with E-state index in [2.05, 4.69) is 17.2 Å². The van der Waals surface area contributed by atoms with Crippen LogP contribution in [0.3, 0.4) is 0 Å². The predicted molar refractivity (Wildman–Crippen MR) is 123 cm³/mol. The summed E-state index contributed by atoms with van der Waals surface area (Å²) in [7, 11) is 1.33. The van der Waals surface area contributed by atoms with Crippen molar-refractivity contribution in [2.24, 2.45) is 0 Å². The van der Waals surface area contributed by atoms with E-state index in [4.69, 9.17) is 9.47 Å². The summed E-state index contributed by atoms with van der Waals surface area (Å²) in [5, 5.41) is 2.81. The number of anilines is 2. The van der Waals surface area contributed by atoms with Crippen LogP contribution >= 0.6 is 0 Å². The Hall–Kier alpha value is -4.57. The van der Waals surface area contributed by atoms with Crippen LogP contribution in [-0.4, -0.2) is 38.0 Å². The largest absolute Gasteiger partial charge is 0.482 e. The normalized spacial score (nSPS) is 12.0. The first-order valence-corrected chi connectivity index (χ1v) is 10.2. The molecule has 1 N–H and O–H groups in total. The van der Waals surface area contributed by atoms with Gasteiger partial charge >= 0.3 is 5.97 Å². The maximum atomic E-state index is 12.6. The molecule has 33 heavy (non-hydrogen) atoms. The number of hydrogen-bond donors (Lipinski definition) is 1. The molecule has 0 spiro atoms. The SMILES string of the molecule is COC(=O)c1cccc(C#Cc2cccc(NC(=O)CN3C(=O)COc4ccccc43)c2)c1. The minimum Gasteiger partial charge on any atom is -0.482 e. The van der Waals surface area contributed by atoms with E-state index in [1.165, 1.54) is 12.0 Å². The van der Waals surface area contributed by atoms with Gasteiger partial charge in [0.15, 0.2) is 6.61 Å². The number of nitrogens with zero attached hydrogens (tertiary/aromatic N) is 1. The molecule has 1 aliphatic heterocycles. The maximum absolute atomic E-state index is 12.6. The van der Waals surface area contributed by atoms with Crippen molar-refractivity contribution < 1.29 is 23.9 Å². The first-order chi connectivity index (χ1) is 16.0. The molecule has 0 radical (unpaired) electrons. The van der Waals surface area contributed by atoms with Crippen molar-refractivity contribution in [3.8, 4) is 17.6 Å². The quantitative estimate of drug-likeness (QED) is 0.497. The Labute approximate surface area is 190 Å². The van der Waals surface area contributed by atoms with Gasteiger partial charge in [-0.1, -0.05) is 36.1 Å². The van der Waals surface area contributed by atoms with E-state index in [0.29, 0.717) is 33.8 Å². The van der Waals surface area contributed by atoms with Crippen LogP contribution in [0.4, 0.5) is 11.4 Å². The molecule has 0 aliphatic carbocycles. The highest BCUT2D eigenvalue weighted by atomic mass is 16.5. The van der Waals surface area contributed by atoms with E-state index >= 15 is 0 Å². The summed E-state index contributed by atoms with van der Waals surface area (Å²) in [6, 6.07) is 21.0. The number of ether oxygens (including phenoxy) is 2. The lowest BCUT2D eigenvalue weighted by Gasteiger charge is -2.28. The van der Waals surface area contributed by atoms with E-state index in [-0.39, 0.29) is 25.0 Å². The summed E-state index contributed by atoms with van der Waals surface area (Å²) >= 11 is 0. The Morgan fingerprint density at radius 1 is 1.00 bits per heavy atom. The minimum absolute atomic E-state index is 0.105. The highest BCUT2D eigenvalue weighted by Gasteiger charge is 2.26. The van der Waals surface area contributed by atoms with Crippen molar-refractivity contribution in [3.05, 3.63) is 89.5 Å². The molecule has 0 fully saturated rings. The molecular formula is C26H20N2O5. The summed E-state index contributed by atoms with van der Waals surface area (Å²) in [4.78, 5) is 38.0. The lowest BCUT2D eigenvalue weighted by molar-refractivity contribution is -0.123. The molecule has 164 valence electrons. The number of hydrogen-bond acceptors (Lipinski definition) is 5. The molecule has 1 heterocycles. The summed E-state index contributed by atoms with van der Waals surface area (Å²) in [6.45, 7) is -0.234. The second kappa shape index (κ2) is 9.71. The Kier molecular flexibility index (Phi) is 6.37. The van der Waals surface area contributed by atoms with E-state index in [9.17, 15) is 14.4 Å². The average Bonchev–Trinajstić information content (AvgIpc) is 2.84. The second-order valence-electron chi connectivity index (χ2n) is 7.19. The Balaban J connectivity index is 1.45. The topological polar surface area (TPSA) is 84.9 Å². The first kappa shape index (κ1) is 21.7. The van der Waals surface area contributed by atoms with Crippen LogP contribution in [0.25, 0.3) is 0 Å². The van der Waals surface area contributed by atoms with Gasteiger partial charge in [-0.3, -0.25) is 14.5 Å². The zero-order chi connectivity index (χ0) is 23.2. The fraction of sp³-hybridized carbons (Fsp3) is 0.115. The molecule has 3 aromatic rings. The predicted octanol–water partition coefficient (Wildman–Crippen LogP) is 3.24. The third-order valence-corrected chi connectivity index (χ3v) is 4.89. The van der Waals surface area contributed by atoms with Gasteiger partial charge in [-0.2, -0.15) is 0 Å². The van der Waals surface area contributed by atoms with E-state index < -0.39 is 5.97 Å². The second-order valence-corrected chi connectivity index (χ2v) is 7.19. The van der Waals surface area contributed by atoms with Crippen LogP contribution in [0.2, 0.25) is 0 Å². The van der Waals surface area contributed by atoms with Crippen molar-refractivity contribution in [1.29, 1.82) is 0 Å². The number of amides is 2. The molecule has 0 saturated heterocycles. The number of esters is 1. The van der Waals surface area contributed by atoms with Gasteiger partial charge in [0.1, 0.15) is 12.3 Å². The van der Waals surface area contributed by atoms with Crippen LogP contribution in [0.15, 0.2) is 72.8 Å². The molecule has 7 nitrogen and oxygen atoms in total. The van der Waals surface area contributed by atoms with Crippen molar-refractivity contribution in [2.45, 2.75) is 0 Å². The molecule has 0 atom stereocenters. The van der Waals surface area contributed by atoms with Crippen LogP contribution in [-0.2, 0) is 14.3 Å². The molecule has 0 bridgehead atoms. The minimum atomic E-state index is -0.426. The number of rotatable bonds is 4. The standard InChI is InChI=1S/C26H20N2O5/c1-32-26(31)20-8-4-6-18(14-20)12-13-19-7-5-9-21(15-19)27-24(29)16-28-22-10-2-3-11-23(22)33-17-25(28)30/h2-11,14-15H,16-17H2,1H3,(H,27,29). The summed E-state index contributed by atoms with van der Waals surface area (Å²) in [6.07, 6.45) is 0.